The molecular formula is C22H19BrO4. The van der Waals surface area contributed by atoms with Crippen LogP contribution in [0, 0.1) is 5.92 Å². The highest BCUT2D eigenvalue weighted by Gasteiger charge is 2.47. The highest BCUT2D eigenvalue weighted by Crippen LogP contribution is 2.63. The fourth-order valence-electron chi connectivity index (χ4n) is 4.63. The maximum Gasteiger partial charge on any atom is 0.335 e. The van der Waals surface area contributed by atoms with E-state index in [2.05, 4.69) is 36.0 Å². The SMILES string of the molecule is C=CC(=O)Oc1c2c(c(OC(=O)C=C)c3c(Br)cccc13)C1CC(C)C2C1. The highest BCUT2D eigenvalue weighted by atomic mass is 79.9. The molecule has 2 bridgehead atoms. The molecule has 0 aromatic heterocycles. The lowest BCUT2D eigenvalue weighted by Gasteiger charge is -2.27. The van der Waals surface area contributed by atoms with Gasteiger partial charge in [0.05, 0.1) is 0 Å². The van der Waals surface area contributed by atoms with Crippen LogP contribution in [-0.4, -0.2) is 11.9 Å². The Labute approximate surface area is 166 Å². The van der Waals surface area contributed by atoms with Crippen LogP contribution in [0.3, 0.4) is 0 Å². The Morgan fingerprint density at radius 1 is 1.07 bits per heavy atom. The van der Waals surface area contributed by atoms with Crippen LogP contribution in [0.2, 0.25) is 0 Å². The fourth-order valence-corrected chi connectivity index (χ4v) is 5.17. The van der Waals surface area contributed by atoms with Gasteiger partial charge in [-0.05, 0) is 36.7 Å². The number of hydrogen-bond acceptors (Lipinski definition) is 4. The second kappa shape index (κ2) is 6.64. The number of fused-ring (bicyclic) bond motifs is 6. The van der Waals surface area contributed by atoms with Crippen molar-refractivity contribution in [2.45, 2.75) is 31.6 Å². The van der Waals surface area contributed by atoms with Crippen molar-refractivity contribution in [1.82, 2.24) is 0 Å². The number of benzene rings is 2. The molecule has 0 amide bonds. The van der Waals surface area contributed by atoms with Crippen LogP contribution >= 0.6 is 15.9 Å². The summed E-state index contributed by atoms with van der Waals surface area (Å²) in [4.78, 5) is 24.1. The molecule has 3 atom stereocenters. The largest absolute Gasteiger partial charge is 0.422 e. The molecule has 0 spiro atoms. The number of hydrogen-bond donors (Lipinski definition) is 0. The fraction of sp³-hybridized carbons (Fsp3) is 0.273. The summed E-state index contributed by atoms with van der Waals surface area (Å²) in [6.45, 7) is 9.24. The number of carbonyl (C=O) groups excluding carboxylic acids is 2. The monoisotopic (exact) mass is 426 g/mol. The standard InChI is InChI=1S/C22H19BrO4/c1-4-16(24)26-21-13-7-6-8-15(23)19(13)22(27-17(25)5-2)18-12-9-11(3)14(10-12)20(18)21/h4-8,11-12,14H,1-2,9-10H2,3H3. The van der Waals surface area contributed by atoms with Crippen LogP contribution in [0.15, 0.2) is 48.0 Å². The molecule has 0 N–H and O–H groups in total. The number of rotatable bonds is 4. The molecular weight excluding hydrogens is 408 g/mol. The molecule has 138 valence electrons. The maximum absolute atomic E-state index is 12.1. The Balaban J connectivity index is 2.09. The summed E-state index contributed by atoms with van der Waals surface area (Å²) in [5, 5.41) is 1.48. The van der Waals surface area contributed by atoms with Crippen molar-refractivity contribution in [1.29, 1.82) is 0 Å². The summed E-state index contributed by atoms with van der Waals surface area (Å²) in [6, 6.07) is 5.64. The Kier molecular flexibility index (Phi) is 4.42. The van der Waals surface area contributed by atoms with Crippen molar-refractivity contribution in [3.05, 3.63) is 59.1 Å². The van der Waals surface area contributed by atoms with E-state index in [1.54, 1.807) is 0 Å². The van der Waals surface area contributed by atoms with Crippen molar-refractivity contribution in [3.8, 4) is 11.5 Å². The van der Waals surface area contributed by atoms with Gasteiger partial charge in [0, 0.05) is 38.5 Å². The van der Waals surface area contributed by atoms with E-state index in [1.807, 2.05) is 18.2 Å². The molecule has 2 aliphatic rings. The number of esters is 2. The summed E-state index contributed by atoms with van der Waals surface area (Å²) < 4.78 is 12.2. The predicted molar refractivity (Wildman–Crippen MR) is 107 cm³/mol. The third-order valence-electron chi connectivity index (χ3n) is 5.66. The van der Waals surface area contributed by atoms with Crippen LogP contribution in [0.5, 0.6) is 11.5 Å². The van der Waals surface area contributed by atoms with Gasteiger partial charge in [-0.15, -0.1) is 0 Å². The lowest BCUT2D eigenvalue weighted by atomic mass is 9.82. The van der Waals surface area contributed by atoms with Gasteiger partial charge in [-0.25, -0.2) is 9.59 Å². The van der Waals surface area contributed by atoms with E-state index < -0.39 is 11.9 Å². The third kappa shape index (κ3) is 2.72. The van der Waals surface area contributed by atoms with Crippen molar-refractivity contribution < 1.29 is 19.1 Å². The molecule has 4 nitrogen and oxygen atoms in total. The summed E-state index contributed by atoms with van der Waals surface area (Å²) in [5.74, 6) is 1.16. The quantitative estimate of drug-likeness (QED) is 0.373. The Morgan fingerprint density at radius 2 is 1.74 bits per heavy atom. The zero-order valence-corrected chi connectivity index (χ0v) is 16.5. The minimum Gasteiger partial charge on any atom is -0.422 e. The molecule has 27 heavy (non-hydrogen) atoms. The van der Waals surface area contributed by atoms with Gasteiger partial charge in [-0.1, -0.05) is 48.1 Å². The lowest BCUT2D eigenvalue weighted by Crippen LogP contribution is -2.15. The Hall–Kier alpha value is -2.40. The molecule has 4 rings (SSSR count). The van der Waals surface area contributed by atoms with Crippen molar-refractivity contribution in [2.75, 3.05) is 0 Å². The molecule has 1 saturated carbocycles. The maximum atomic E-state index is 12.1. The Morgan fingerprint density at radius 3 is 2.41 bits per heavy atom. The third-order valence-corrected chi connectivity index (χ3v) is 6.32. The van der Waals surface area contributed by atoms with Crippen LogP contribution in [0.4, 0.5) is 0 Å². The first-order valence-corrected chi connectivity index (χ1v) is 9.72. The molecule has 3 unspecified atom stereocenters. The lowest BCUT2D eigenvalue weighted by molar-refractivity contribution is -0.130. The Bertz CT molecular complexity index is 1010. The van der Waals surface area contributed by atoms with Crippen molar-refractivity contribution >= 4 is 38.6 Å². The van der Waals surface area contributed by atoms with E-state index in [1.165, 1.54) is 6.08 Å². The van der Waals surface area contributed by atoms with Crippen molar-refractivity contribution in [3.63, 3.8) is 0 Å². The van der Waals surface area contributed by atoms with Crippen LogP contribution in [0.25, 0.3) is 10.8 Å². The molecule has 2 aromatic carbocycles. The van der Waals surface area contributed by atoms with Gasteiger partial charge in [0.15, 0.2) is 0 Å². The summed E-state index contributed by atoms with van der Waals surface area (Å²) in [7, 11) is 0. The van der Waals surface area contributed by atoms with Crippen LogP contribution in [0.1, 0.15) is 42.7 Å². The molecule has 5 heteroatoms. The van der Waals surface area contributed by atoms with Gasteiger partial charge in [0.1, 0.15) is 11.5 Å². The van der Waals surface area contributed by atoms with Gasteiger partial charge in [0.25, 0.3) is 0 Å². The molecule has 2 aromatic rings. The topological polar surface area (TPSA) is 52.6 Å². The van der Waals surface area contributed by atoms with E-state index in [9.17, 15) is 9.59 Å². The molecule has 0 radical (unpaired) electrons. The molecule has 0 saturated heterocycles. The zero-order chi connectivity index (χ0) is 19.3. The smallest absolute Gasteiger partial charge is 0.335 e. The van der Waals surface area contributed by atoms with E-state index in [-0.39, 0.29) is 11.8 Å². The van der Waals surface area contributed by atoms with E-state index in [4.69, 9.17) is 9.47 Å². The van der Waals surface area contributed by atoms with Crippen LogP contribution in [-0.2, 0) is 9.59 Å². The van der Waals surface area contributed by atoms with E-state index in [0.717, 1.165) is 45.3 Å². The van der Waals surface area contributed by atoms with Gasteiger partial charge >= 0.3 is 11.9 Å². The molecule has 0 aliphatic heterocycles. The summed E-state index contributed by atoms with van der Waals surface area (Å²) in [5.41, 5.74) is 1.98. The average molecular weight is 427 g/mol. The van der Waals surface area contributed by atoms with Crippen LogP contribution < -0.4 is 9.47 Å². The first-order chi connectivity index (χ1) is 13.0. The minimum absolute atomic E-state index is 0.280. The van der Waals surface area contributed by atoms with E-state index in [0.29, 0.717) is 17.4 Å². The zero-order valence-electron chi connectivity index (χ0n) is 15.0. The van der Waals surface area contributed by atoms with E-state index >= 15 is 0 Å². The predicted octanol–water partition coefficient (Wildman–Crippen LogP) is 5.40. The molecule has 2 aliphatic carbocycles. The van der Waals surface area contributed by atoms with Gasteiger partial charge < -0.3 is 9.47 Å². The number of carbonyl (C=O) groups is 2. The summed E-state index contributed by atoms with van der Waals surface area (Å²) in [6.07, 6.45) is 4.33. The second-order valence-corrected chi connectivity index (χ2v) is 8.00. The summed E-state index contributed by atoms with van der Waals surface area (Å²) >= 11 is 3.57. The molecule has 1 fully saturated rings. The first kappa shape index (κ1) is 18.0. The first-order valence-electron chi connectivity index (χ1n) is 8.92. The molecule has 0 heterocycles. The highest BCUT2D eigenvalue weighted by molar-refractivity contribution is 9.10. The number of ether oxygens (including phenoxy) is 2. The second-order valence-electron chi connectivity index (χ2n) is 7.15. The normalized spacial score (nSPS) is 22.4. The minimum atomic E-state index is -0.499. The van der Waals surface area contributed by atoms with Gasteiger partial charge in [0.2, 0.25) is 0 Å². The van der Waals surface area contributed by atoms with Gasteiger partial charge in [-0.2, -0.15) is 0 Å². The van der Waals surface area contributed by atoms with Gasteiger partial charge in [-0.3, -0.25) is 0 Å². The van der Waals surface area contributed by atoms with Crippen molar-refractivity contribution in [2.24, 2.45) is 5.92 Å². The average Bonchev–Trinajstić information content (AvgIpc) is 3.21. The number of halogens is 1.